The van der Waals surface area contributed by atoms with Crippen LogP contribution in [-0.2, 0) is 12.8 Å². The van der Waals surface area contributed by atoms with Crippen molar-refractivity contribution in [1.82, 2.24) is 9.97 Å². The van der Waals surface area contributed by atoms with E-state index < -0.39 is 4.92 Å². The van der Waals surface area contributed by atoms with Crippen LogP contribution in [0.2, 0.25) is 0 Å². The van der Waals surface area contributed by atoms with Crippen LogP contribution in [0.1, 0.15) is 11.4 Å². The predicted molar refractivity (Wildman–Crippen MR) is 80.0 cm³/mol. The molecule has 1 aromatic heterocycles. The first-order valence-corrected chi connectivity index (χ1v) is 6.66. The third-order valence-corrected chi connectivity index (χ3v) is 3.30. The van der Waals surface area contributed by atoms with E-state index in [4.69, 9.17) is 0 Å². The highest BCUT2D eigenvalue weighted by atomic mass is 16.6. The third kappa shape index (κ3) is 3.02. The Kier molecular flexibility index (Phi) is 3.55. The van der Waals surface area contributed by atoms with Crippen molar-refractivity contribution in [3.8, 4) is 0 Å². The predicted octanol–water partition coefficient (Wildman–Crippen LogP) is 3.32. The molecular weight excluding hydrogens is 266 g/mol. The fourth-order valence-electron chi connectivity index (χ4n) is 2.19. The van der Waals surface area contributed by atoms with Crippen LogP contribution in [0.3, 0.4) is 0 Å². The van der Waals surface area contributed by atoms with Crippen LogP contribution < -0.4 is 0 Å². The quantitative estimate of drug-likeness (QED) is 0.542. The minimum absolute atomic E-state index is 0.0585. The molecule has 0 saturated carbocycles. The molecule has 0 unspecified atom stereocenters. The normalized spacial score (nSPS) is 10.7. The van der Waals surface area contributed by atoms with Crippen molar-refractivity contribution in [3.05, 3.63) is 76.2 Å². The van der Waals surface area contributed by atoms with Gasteiger partial charge in [-0.15, -0.1) is 0 Å². The Hall–Kier alpha value is -2.82. The van der Waals surface area contributed by atoms with E-state index in [-0.39, 0.29) is 5.69 Å². The topological polar surface area (TPSA) is 68.9 Å². The zero-order chi connectivity index (χ0) is 14.7. The summed E-state index contributed by atoms with van der Waals surface area (Å²) in [6.45, 7) is 0. The molecule has 0 radical (unpaired) electrons. The molecule has 21 heavy (non-hydrogen) atoms. The number of hydrogen-bond donors (Lipinski definition) is 0. The lowest BCUT2D eigenvalue weighted by Crippen LogP contribution is -1.98. The van der Waals surface area contributed by atoms with Gasteiger partial charge in [0, 0.05) is 30.1 Å². The van der Waals surface area contributed by atoms with Crippen molar-refractivity contribution in [2.24, 2.45) is 0 Å². The Morgan fingerprint density at radius 1 is 1.05 bits per heavy atom. The molecule has 2 aromatic carbocycles. The Balaban J connectivity index is 1.81. The first-order chi connectivity index (χ1) is 10.2. The molecule has 5 heteroatoms. The van der Waals surface area contributed by atoms with Gasteiger partial charge in [0.05, 0.1) is 10.4 Å². The monoisotopic (exact) mass is 279 g/mol. The maximum absolute atomic E-state index is 10.7. The molecule has 0 atom stereocenters. The van der Waals surface area contributed by atoms with Crippen molar-refractivity contribution < 1.29 is 4.92 Å². The first kappa shape index (κ1) is 13.2. The van der Waals surface area contributed by atoms with Crippen molar-refractivity contribution in [2.75, 3.05) is 0 Å². The molecule has 0 spiro atoms. The molecular formula is C16H13N3O2. The fraction of sp³-hybridized carbons (Fsp3) is 0.125. The average molecular weight is 279 g/mol. The molecule has 3 aromatic rings. The van der Waals surface area contributed by atoms with E-state index in [0.29, 0.717) is 5.39 Å². The molecule has 5 nitrogen and oxygen atoms in total. The molecule has 0 fully saturated rings. The van der Waals surface area contributed by atoms with E-state index in [1.165, 1.54) is 17.7 Å². The SMILES string of the molecule is O=[N+]([O-])c1ccc2nc(CCc3ccccc3)ncc2c1. The highest BCUT2D eigenvalue weighted by Crippen LogP contribution is 2.19. The standard InChI is InChI=1S/C16H13N3O2/c20-19(21)14-7-8-15-13(10-14)11-17-16(18-15)9-6-12-4-2-1-3-5-12/h1-5,7-8,10-11H,6,9H2. The summed E-state index contributed by atoms with van der Waals surface area (Å²) >= 11 is 0. The maximum atomic E-state index is 10.7. The van der Waals surface area contributed by atoms with Crippen LogP contribution in [0.15, 0.2) is 54.7 Å². The second-order valence-electron chi connectivity index (χ2n) is 4.77. The largest absolute Gasteiger partial charge is 0.270 e. The van der Waals surface area contributed by atoms with Crippen LogP contribution >= 0.6 is 0 Å². The maximum Gasteiger partial charge on any atom is 0.270 e. The molecule has 0 bridgehead atoms. The molecule has 0 amide bonds. The summed E-state index contributed by atoms with van der Waals surface area (Å²) in [7, 11) is 0. The number of fused-ring (bicyclic) bond motifs is 1. The summed E-state index contributed by atoms with van der Waals surface area (Å²) in [6.07, 6.45) is 3.27. The Morgan fingerprint density at radius 2 is 1.86 bits per heavy atom. The number of nitro groups is 1. The van der Waals surface area contributed by atoms with Crippen molar-refractivity contribution in [1.29, 1.82) is 0 Å². The summed E-state index contributed by atoms with van der Waals surface area (Å²) in [5.74, 6) is 0.750. The Morgan fingerprint density at radius 3 is 2.62 bits per heavy atom. The molecule has 3 rings (SSSR count). The lowest BCUT2D eigenvalue weighted by atomic mass is 10.1. The van der Waals surface area contributed by atoms with E-state index >= 15 is 0 Å². The van der Waals surface area contributed by atoms with Crippen LogP contribution in [0, 0.1) is 10.1 Å². The molecule has 0 saturated heterocycles. The number of nitrogens with zero attached hydrogens (tertiary/aromatic N) is 3. The minimum Gasteiger partial charge on any atom is -0.258 e. The van der Waals surface area contributed by atoms with Crippen molar-refractivity contribution in [2.45, 2.75) is 12.8 Å². The van der Waals surface area contributed by atoms with Gasteiger partial charge in [-0.3, -0.25) is 10.1 Å². The minimum atomic E-state index is -0.414. The van der Waals surface area contributed by atoms with Gasteiger partial charge in [-0.05, 0) is 18.1 Å². The summed E-state index contributed by atoms with van der Waals surface area (Å²) in [5, 5.41) is 11.4. The smallest absolute Gasteiger partial charge is 0.258 e. The third-order valence-electron chi connectivity index (χ3n) is 3.30. The number of nitro benzene ring substituents is 1. The summed E-state index contributed by atoms with van der Waals surface area (Å²) in [6, 6.07) is 14.8. The second-order valence-corrected chi connectivity index (χ2v) is 4.77. The molecule has 0 aliphatic carbocycles. The lowest BCUT2D eigenvalue weighted by Gasteiger charge is -2.03. The van der Waals surface area contributed by atoms with E-state index in [2.05, 4.69) is 22.1 Å². The summed E-state index contributed by atoms with van der Waals surface area (Å²) in [4.78, 5) is 19.1. The number of hydrogen-bond acceptors (Lipinski definition) is 4. The summed E-state index contributed by atoms with van der Waals surface area (Å²) in [5.41, 5.74) is 2.03. The Labute approximate surface area is 121 Å². The van der Waals surface area contributed by atoms with Gasteiger partial charge in [0.1, 0.15) is 5.82 Å². The van der Waals surface area contributed by atoms with Crippen LogP contribution in [0.25, 0.3) is 10.9 Å². The van der Waals surface area contributed by atoms with Gasteiger partial charge >= 0.3 is 0 Å². The molecule has 1 heterocycles. The van der Waals surface area contributed by atoms with Gasteiger partial charge in [-0.25, -0.2) is 9.97 Å². The number of aryl methyl sites for hydroxylation is 2. The van der Waals surface area contributed by atoms with Crippen molar-refractivity contribution >= 4 is 16.6 Å². The lowest BCUT2D eigenvalue weighted by molar-refractivity contribution is -0.384. The zero-order valence-corrected chi connectivity index (χ0v) is 11.3. The number of aromatic nitrogens is 2. The molecule has 0 N–H and O–H groups in total. The highest BCUT2D eigenvalue weighted by molar-refractivity contribution is 5.80. The van der Waals surface area contributed by atoms with Gasteiger partial charge in [0.15, 0.2) is 0 Å². The van der Waals surface area contributed by atoms with E-state index in [1.807, 2.05) is 18.2 Å². The average Bonchev–Trinajstić information content (AvgIpc) is 2.53. The fourth-order valence-corrected chi connectivity index (χ4v) is 2.19. The number of benzene rings is 2. The van der Waals surface area contributed by atoms with E-state index in [1.54, 1.807) is 12.3 Å². The van der Waals surface area contributed by atoms with Gasteiger partial charge < -0.3 is 0 Å². The highest BCUT2D eigenvalue weighted by Gasteiger charge is 2.08. The van der Waals surface area contributed by atoms with Crippen LogP contribution in [0.5, 0.6) is 0 Å². The number of rotatable bonds is 4. The van der Waals surface area contributed by atoms with Crippen LogP contribution in [-0.4, -0.2) is 14.9 Å². The first-order valence-electron chi connectivity index (χ1n) is 6.66. The number of non-ortho nitro benzene ring substituents is 1. The zero-order valence-electron chi connectivity index (χ0n) is 11.3. The second kappa shape index (κ2) is 5.66. The van der Waals surface area contributed by atoms with Gasteiger partial charge in [-0.2, -0.15) is 0 Å². The molecule has 0 aliphatic rings. The molecule has 0 aliphatic heterocycles. The van der Waals surface area contributed by atoms with Crippen LogP contribution in [0.4, 0.5) is 5.69 Å². The van der Waals surface area contributed by atoms with Crippen molar-refractivity contribution in [3.63, 3.8) is 0 Å². The van der Waals surface area contributed by atoms with Gasteiger partial charge in [0.2, 0.25) is 0 Å². The van der Waals surface area contributed by atoms with Gasteiger partial charge in [0.25, 0.3) is 5.69 Å². The molecule has 104 valence electrons. The van der Waals surface area contributed by atoms with Gasteiger partial charge in [-0.1, -0.05) is 30.3 Å². The van der Waals surface area contributed by atoms with E-state index in [9.17, 15) is 10.1 Å². The summed E-state index contributed by atoms with van der Waals surface area (Å²) < 4.78 is 0. The Bertz CT molecular complexity index is 788. The van der Waals surface area contributed by atoms with E-state index in [0.717, 1.165) is 24.2 Å².